The molecule has 0 spiro atoms. The molecule has 1 aromatic carbocycles. The first-order valence-corrected chi connectivity index (χ1v) is 11.4. The smallest absolute Gasteiger partial charge is 0.410 e. The van der Waals surface area contributed by atoms with Gasteiger partial charge >= 0.3 is 6.09 Å². The van der Waals surface area contributed by atoms with Gasteiger partial charge in [-0.05, 0) is 69.4 Å². The number of nitrogens with one attached hydrogen (secondary N) is 1. The molecule has 2 atom stereocenters. The fourth-order valence-electron chi connectivity index (χ4n) is 4.54. The van der Waals surface area contributed by atoms with Gasteiger partial charge in [-0.1, -0.05) is 19.1 Å². The Balaban J connectivity index is 1.53. The number of piperidine rings is 1. The van der Waals surface area contributed by atoms with Crippen molar-refractivity contribution in [3.63, 3.8) is 0 Å². The van der Waals surface area contributed by atoms with Gasteiger partial charge in [-0.25, -0.2) is 9.18 Å². The predicted octanol–water partition coefficient (Wildman–Crippen LogP) is 6.19. The van der Waals surface area contributed by atoms with Gasteiger partial charge in [-0.3, -0.25) is 4.98 Å². The Morgan fingerprint density at radius 3 is 2.69 bits per heavy atom. The van der Waals surface area contributed by atoms with E-state index in [1.807, 2.05) is 52.1 Å². The number of hydrogen-bond acceptors (Lipinski definition) is 4. The number of aromatic nitrogens is 1. The Kier molecular flexibility index (Phi) is 6.22. The Labute approximate surface area is 189 Å². The van der Waals surface area contributed by atoms with Crippen molar-refractivity contribution >= 4 is 22.6 Å². The molecular formula is C26H32FN3O2. The Bertz CT molecular complexity index is 1050. The molecule has 5 nitrogen and oxygen atoms in total. The summed E-state index contributed by atoms with van der Waals surface area (Å²) in [4.78, 5) is 18.4. The number of fused-ring (bicyclic) bond motifs is 1. The van der Waals surface area contributed by atoms with E-state index < -0.39 is 5.60 Å². The predicted molar refractivity (Wildman–Crippen MR) is 126 cm³/mol. The van der Waals surface area contributed by atoms with Crippen LogP contribution in [-0.2, 0) is 4.74 Å². The standard InChI is InChI=1S/C26H32FN3O2/c1-17-6-5-7-22(27)24(17)18-14-19-16-28-11-8-21(19)23(15-18)29-20-9-12-30(13-10-20)25(31)32-26(2,3)4/h5-8,11,14-17,20,24,29H,9-10,12-13H2,1-4H3. The zero-order chi connectivity index (χ0) is 22.9. The Hall–Kier alpha value is -2.89. The summed E-state index contributed by atoms with van der Waals surface area (Å²) < 4.78 is 20.2. The van der Waals surface area contributed by atoms with Gasteiger partial charge in [-0.2, -0.15) is 0 Å². The molecule has 2 unspecified atom stereocenters. The van der Waals surface area contributed by atoms with Crippen LogP contribution in [0.3, 0.4) is 0 Å². The summed E-state index contributed by atoms with van der Waals surface area (Å²) in [6.07, 6.45) is 10.4. The summed E-state index contributed by atoms with van der Waals surface area (Å²) in [5.41, 5.74) is 1.45. The number of likely N-dealkylation sites (tertiary alicyclic amines) is 1. The van der Waals surface area contributed by atoms with Gasteiger partial charge in [0.25, 0.3) is 0 Å². The number of hydrogen-bond donors (Lipinski definition) is 1. The fraction of sp³-hybridized carbons (Fsp3) is 0.462. The van der Waals surface area contributed by atoms with Crippen LogP contribution in [0.1, 0.15) is 52.0 Å². The van der Waals surface area contributed by atoms with Gasteiger partial charge in [0, 0.05) is 53.9 Å². The Morgan fingerprint density at radius 1 is 1.25 bits per heavy atom. The highest BCUT2D eigenvalue weighted by molar-refractivity contribution is 5.94. The molecule has 1 aliphatic carbocycles. The quantitative estimate of drug-likeness (QED) is 0.622. The van der Waals surface area contributed by atoms with Crippen LogP contribution in [0, 0.1) is 5.92 Å². The number of benzene rings is 1. The first-order chi connectivity index (χ1) is 15.2. The van der Waals surface area contributed by atoms with E-state index in [1.165, 1.54) is 0 Å². The topological polar surface area (TPSA) is 54.5 Å². The average molecular weight is 438 g/mol. The molecule has 2 heterocycles. The van der Waals surface area contributed by atoms with E-state index in [9.17, 15) is 9.18 Å². The summed E-state index contributed by atoms with van der Waals surface area (Å²) in [6.45, 7) is 8.98. The minimum Gasteiger partial charge on any atom is -0.444 e. The molecule has 170 valence electrons. The largest absolute Gasteiger partial charge is 0.444 e. The number of pyridine rings is 1. The number of allylic oxidation sites excluding steroid dienone is 4. The van der Waals surface area contributed by atoms with Crippen molar-refractivity contribution in [3.05, 3.63) is 60.2 Å². The van der Waals surface area contributed by atoms with Gasteiger partial charge in [0.1, 0.15) is 11.4 Å². The molecule has 32 heavy (non-hydrogen) atoms. The van der Waals surface area contributed by atoms with Crippen molar-refractivity contribution in [3.8, 4) is 0 Å². The van der Waals surface area contributed by atoms with E-state index in [2.05, 4.69) is 16.4 Å². The fourth-order valence-corrected chi connectivity index (χ4v) is 4.54. The molecule has 1 amide bonds. The van der Waals surface area contributed by atoms with Crippen LogP contribution in [0.5, 0.6) is 0 Å². The molecule has 2 aliphatic rings. The number of amides is 1. The van der Waals surface area contributed by atoms with E-state index in [-0.39, 0.29) is 29.8 Å². The van der Waals surface area contributed by atoms with Gasteiger partial charge in [0.15, 0.2) is 0 Å². The molecule has 6 heteroatoms. The molecule has 0 radical (unpaired) electrons. The van der Waals surface area contributed by atoms with Gasteiger partial charge in [-0.15, -0.1) is 0 Å². The molecule has 1 aromatic heterocycles. The number of carbonyl (C=O) groups is 1. The number of nitrogens with zero attached hydrogens (tertiary/aromatic N) is 2. The summed E-state index contributed by atoms with van der Waals surface area (Å²) in [5.74, 6) is -0.321. The van der Waals surface area contributed by atoms with Crippen LogP contribution < -0.4 is 5.32 Å². The third kappa shape index (κ3) is 4.95. The lowest BCUT2D eigenvalue weighted by Gasteiger charge is -2.34. The molecule has 2 aromatic rings. The lowest BCUT2D eigenvalue weighted by atomic mass is 9.82. The van der Waals surface area contributed by atoms with Crippen molar-refractivity contribution < 1.29 is 13.9 Å². The second kappa shape index (κ2) is 8.93. The third-order valence-corrected chi connectivity index (χ3v) is 6.13. The van der Waals surface area contributed by atoms with E-state index in [0.717, 1.165) is 34.9 Å². The third-order valence-electron chi connectivity index (χ3n) is 6.13. The Morgan fingerprint density at radius 2 is 2.00 bits per heavy atom. The minimum absolute atomic E-state index is 0.0824. The maximum atomic E-state index is 14.7. The van der Waals surface area contributed by atoms with Crippen molar-refractivity contribution in [1.29, 1.82) is 0 Å². The van der Waals surface area contributed by atoms with Crippen LogP contribution >= 0.6 is 0 Å². The zero-order valence-corrected chi connectivity index (χ0v) is 19.3. The molecule has 1 saturated heterocycles. The monoisotopic (exact) mass is 437 g/mol. The maximum Gasteiger partial charge on any atom is 0.410 e. The molecule has 0 bridgehead atoms. The SMILES string of the molecule is CC1C=CC=C(F)C1c1cc(NC2CCN(C(=O)OC(C)(C)C)CC2)c2ccncc2c1. The number of rotatable bonds is 3. The number of carbonyl (C=O) groups excluding carboxylic acids is 1. The summed E-state index contributed by atoms with van der Waals surface area (Å²) >= 11 is 0. The van der Waals surface area contributed by atoms with E-state index in [0.29, 0.717) is 13.1 Å². The van der Waals surface area contributed by atoms with Crippen LogP contribution in [0.15, 0.2) is 54.6 Å². The second-order valence-corrected chi connectivity index (χ2v) is 9.82. The molecule has 1 fully saturated rings. The first-order valence-electron chi connectivity index (χ1n) is 11.4. The van der Waals surface area contributed by atoms with Crippen molar-refractivity contribution in [2.24, 2.45) is 5.92 Å². The molecule has 1 N–H and O–H groups in total. The van der Waals surface area contributed by atoms with Gasteiger partial charge < -0.3 is 15.0 Å². The first kappa shape index (κ1) is 22.3. The highest BCUT2D eigenvalue weighted by Gasteiger charge is 2.28. The van der Waals surface area contributed by atoms with Gasteiger partial charge in [0.05, 0.1) is 0 Å². The summed E-state index contributed by atoms with van der Waals surface area (Å²) in [5, 5.41) is 5.74. The van der Waals surface area contributed by atoms with Crippen molar-refractivity contribution in [1.82, 2.24) is 9.88 Å². The van der Waals surface area contributed by atoms with E-state index >= 15 is 0 Å². The van der Waals surface area contributed by atoms with Crippen molar-refractivity contribution in [2.45, 2.75) is 58.1 Å². The lowest BCUT2D eigenvalue weighted by molar-refractivity contribution is 0.0210. The number of ether oxygens (including phenoxy) is 1. The lowest BCUT2D eigenvalue weighted by Crippen LogP contribution is -2.44. The molecule has 4 rings (SSSR count). The van der Waals surface area contributed by atoms with Crippen LogP contribution in [0.2, 0.25) is 0 Å². The normalized spacial score (nSPS) is 22.0. The maximum absolute atomic E-state index is 14.7. The highest BCUT2D eigenvalue weighted by atomic mass is 19.1. The minimum atomic E-state index is -0.491. The molecule has 0 saturated carbocycles. The summed E-state index contributed by atoms with van der Waals surface area (Å²) in [7, 11) is 0. The number of halogens is 1. The van der Waals surface area contributed by atoms with Crippen LogP contribution in [0.4, 0.5) is 14.9 Å². The zero-order valence-electron chi connectivity index (χ0n) is 19.3. The summed E-state index contributed by atoms with van der Waals surface area (Å²) in [6, 6.07) is 6.35. The van der Waals surface area contributed by atoms with Crippen LogP contribution in [-0.4, -0.2) is 40.7 Å². The molecular weight excluding hydrogens is 405 g/mol. The van der Waals surface area contributed by atoms with Gasteiger partial charge in [0.2, 0.25) is 0 Å². The van der Waals surface area contributed by atoms with Crippen molar-refractivity contribution in [2.75, 3.05) is 18.4 Å². The highest BCUT2D eigenvalue weighted by Crippen LogP contribution is 2.39. The van der Waals surface area contributed by atoms with E-state index in [1.54, 1.807) is 23.2 Å². The number of anilines is 1. The van der Waals surface area contributed by atoms with Crippen LogP contribution in [0.25, 0.3) is 10.8 Å². The average Bonchev–Trinajstić information content (AvgIpc) is 2.73. The second-order valence-electron chi connectivity index (χ2n) is 9.82. The van der Waals surface area contributed by atoms with E-state index in [4.69, 9.17) is 4.74 Å². The molecule has 1 aliphatic heterocycles.